The van der Waals surface area contributed by atoms with Crippen LogP contribution in [-0.2, 0) is 4.79 Å². The first-order chi connectivity index (χ1) is 4.55. The van der Waals surface area contributed by atoms with Crippen molar-refractivity contribution in [2.75, 3.05) is 0 Å². The standard InChI is InChI=1S/C5H11NO2.C2H4/c1-3(2)4(6)5(7)8;1-2/h3-4H,6H2,1-2H3,(H,7,8);1-2H2. The van der Waals surface area contributed by atoms with Gasteiger partial charge in [0.1, 0.15) is 6.04 Å². The molecule has 3 N–H and O–H groups in total. The number of carboxylic acid groups (broad SMARTS) is 1. The maximum absolute atomic E-state index is 10.0. The van der Waals surface area contributed by atoms with Gasteiger partial charge in [-0.15, -0.1) is 13.2 Å². The first-order valence-electron chi connectivity index (χ1n) is 3.04. The lowest BCUT2D eigenvalue weighted by atomic mass is 10.1. The van der Waals surface area contributed by atoms with Crippen molar-refractivity contribution < 1.29 is 9.90 Å². The minimum atomic E-state index is -0.931. The summed E-state index contributed by atoms with van der Waals surface area (Å²) in [6, 6.07) is -0.713. The van der Waals surface area contributed by atoms with E-state index >= 15 is 0 Å². The highest BCUT2D eigenvalue weighted by atomic mass is 16.4. The number of hydrogen-bond acceptors (Lipinski definition) is 2. The summed E-state index contributed by atoms with van der Waals surface area (Å²) < 4.78 is 0. The van der Waals surface area contributed by atoms with E-state index in [1.54, 1.807) is 13.8 Å². The van der Waals surface area contributed by atoms with Crippen molar-refractivity contribution in [1.82, 2.24) is 0 Å². The second-order valence-corrected chi connectivity index (χ2v) is 2.11. The molecule has 60 valence electrons. The van der Waals surface area contributed by atoms with E-state index in [-0.39, 0.29) is 5.92 Å². The molecular formula is C7H15NO2. The number of aliphatic carboxylic acids is 1. The molecule has 0 aromatic heterocycles. The average molecular weight is 145 g/mol. The molecule has 0 fully saturated rings. The minimum absolute atomic E-state index is 0.0208. The predicted octanol–water partition coefficient (Wildman–Crippen LogP) is 0.857. The van der Waals surface area contributed by atoms with Crippen LogP contribution in [0.2, 0.25) is 0 Å². The molecule has 0 heterocycles. The van der Waals surface area contributed by atoms with E-state index < -0.39 is 12.0 Å². The first-order valence-corrected chi connectivity index (χ1v) is 3.04. The van der Waals surface area contributed by atoms with Crippen molar-refractivity contribution in [1.29, 1.82) is 0 Å². The fourth-order valence-corrected chi connectivity index (χ4v) is 0.285. The number of hydrogen-bond donors (Lipinski definition) is 2. The van der Waals surface area contributed by atoms with E-state index in [0.717, 1.165) is 0 Å². The molecule has 0 aliphatic rings. The summed E-state index contributed by atoms with van der Waals surface area (Å²) in [4.78, 5) is 10.0. The van der Waals surface area contributed by atoms with E-state index in [4.69, 9.17) is 10.8 Å². The Kier molecular flexibility index (Phi) is 7.49. The predicted molar refractivity (Wildman–Crippen MR) is 41.7 cm³/mol. The fraction of sp³-hybridized carbons (Fsp3) is 0.571. The molecule has 0 aliphatic carbocycles. The van der Waals surface area contributed by atoms with Gasteiger partial charge in [-0.3, -0.25) is 4.79 Å². The average Bonchev–Trinajstić information content (AvgIpc) is 1.90. The highest BCUT2D eigenvalue weighted by Crippen LogP contribution is 1.96. The summed E-state index contributed by atoms with van der Waals surface area (Å²) >= 11 is 0. The Morgan fingerprint density at radius 2 is 1.80 bits per heavy atom. The van der Waals surface area contributed by atoms with E-state index in [2.05, 4.69) is 13.2 Å². The third-order valence-corrected chi connectivity index (χ3v) is 1.00. The lowest BCUT2D eigenvalue weighted by Crippen LogP contribution is -2.34. The Bertz CT molecular complexity index is 102. The summed E-state index contributed by atoms with van der Waals surface area (Å²) in [5, 5.41) is 8.23. The summed E-state index contributed by atoms with van der Waals surface area (Å²) in [5.74, 6) is -0.910. The Morgan fingerprint density at radius 3 is 1.80 bits per heavy atom. The van der Waals surface area contributed by atoms with Gasteiger partial charge in [0.25, 0.3) is 0 Å². The van der Waals surface area contributed by atoms with Gasteiger partial charge >= 0.3 is 5.97 Å². The SMILES string of the molecule is C=C.CC(C)C(N)C(=O)O. The van der Waals surface area contributed by atoms with Crippen LogP contribution in [0.5, 0.6) is 0 Å². The second kappa shape index (κ2) is 6.29. The van der Waals surface area contributed by atoms with Crippen LogP contribution in [0.4, 0.5) is 0 Å². The van der Waals surface area contributed by atoms with E-state index in [0.29, 0.717) is 0 Å². The maximum atomic E-state index is 10.0. The Morgan fingerprint density at radius 1 is 1.50 bits per heavy atom. The van der Waals surface area contributed by atoms with Gasteiger partial charge < -0.3 is 10.8 Å². The largest absolute Gasteiger partial charge is 0.480 e. The molecule has 0 aromatic rings. The molecule has 0 spiro atoms. The zero-order valence-electron chi connectivity index (χ0n) is 6.50. The highest BCUT2D eigenvalue weighted by Gasteiger charge is 2.14. The third kappa shape index (κ3) is 5.31. The van der Waals surface area contributed by atoms with Gasteiger partial charge in [0.15, 0.2) is 0 Å². The van der Waals surface area contributed by atoms with Crippen LogP contribution < -0.4 is 5.73 Å². The van der Waals surface area contributed by atoms with Crippen LogP contribution in [0.1, 0.15) is 13.8 Å². The van der Waals surface area contributed by atoms with Crippen LogP contribution in [0.25, 0.3) is 0 Å². The summed E-state index contributed by atoms with van der Waals surface area (Å²) in [7, 11) is 0. The van der Waals surface area contributed by atoms with Gasteiger partial charge in [-0.1, -0.05) is 13.8 Å². The highest BCUT2D eigenvalue weighted by molar-refractivity contribution is 5.73. The quantitative estimate of drug-likeness (QED) is 0.566. The normalized spacial score (nSPS) is 11.6. The molecule has 0 bridgehead atoms. The number of carbonyl (C=O) groups is 1. The van der Waals surface area contributed by atoms with Crippen LogP contribution in [0.15, 0.2) is 13.2 Å². The lowest BCUT2D eigenvalue weighted by molar-refractivity contribution is -0.139. The molecule has 1 atom stereocenters. The van der Waals surface area contributed by atoms with E-state index in [1.165, 1.54) is 0 Å². The molecule has 0 rings (SSSR count). The summed E-state index contributed by atoms with van der Waals surface area (Å²) in [6.45, 7) is 9.55. The van der Waals surface area contributed by atoms with Gasteiger partial charge in [0, 0.05) is 0 Å². The van der Waals surface area contributed by atoms with Gasteiger partial charge in [0.05, 0.1) is 0 Å². The molecule has 3 nitrogen and oxygen atoms in total. The van der Waals surface area contributed by atoms with Crippen LogP contribution >= 0.6 is 0 Å². The molecule has 0 saturated carbocycles. The fourth-order valence-electron chi connectivity index (χ4n) is 0.285. The molecule has 1 unspecified atom stereocenters. The Hall–Kier alpha value is -0.830. The molecule has 10 heavy (non-hydrogen) atoms. The monoisotopic (exact) mass is 145 g/mol. The Labute approximate surface area is 61.5 Å². The molecule has 0 aromatic carbocycles. The molecule has 0 amide bonds. The summed E-state index contributed by atoms with van der Waals surface area (Å²) in [6.07, 6.45) is 0. The van der Waals surface area contributed by atoms with Gasteiger partial charge in [-0.25, -0.2) is 0 Å². The van der Waals surface area contributed by atoms with Crippen molar-refractivity contribution >= 4 is 5.97 Å². The van der Waals surface area contributed by atoms with Crippen molar-refractivity contribution in [3.63, 3.8) is 0 Å². The van der Waals surface area contributed by atoms with Crippen molar-refractivity contribution in [3.8, 4) is 0 Å². The number of nitrogens with two attached hydrogens (primary N) is 1. The van der Waals surface area contributed by atoms with Gasteiger partial charge in [-0.2, -0.15) is 0 Å². The van der Waals surface area contributed by atoms with Crippen LogP contribution in [0.3, 0.4) is 0 Å². The maximum Gasteiger partial charge on any atom is 0.320 e. The molecule has 3 heteroatoms. The molecular weight excluding hydrogens is 130 g/mol. The van der Waals surface area contributed by atoms with Crippen LogP contribution in [-0.4, -0.2) is 17.1 Å². The number of rotatable bonds is 2. The first kappa shape index (κ1) is 11.9. The zero-order valence-corrected chi connectivity index (χ0v) is 6.50. The van der Waals surface area contributed by atoms with Gasteiger partial charge in [-0.05, 0) is 5.92 Å². The third-order valence-electron chi connectivity index (χ3n) is 1.00. The second-order valence-electron chi connectivity index (χ2n) is 2.11. The molecule has 0 aliphatic heterocycles. The Balaban J connectivity index is 0. The topological polar surface area (TPSA) is 63.3 Å². The van der Waals surface area contributed by atoms with Crippen molar-refractivity contribution in [2.45, 2.75) is 19.9 Å². The lowest BCUT2D eigenvalue weighted by Gasteiger charge is -2.07. The molecule has 0 radical (unpaired) electrons. The molecule has 0 saturated heterocycles. The summed E-state index contributed by atoms with van der Waals surface area (Å²) in [5.41, 5.74) is 5.16. The van der Waals surface area contributed by atoms with Crippen molar-refractivity contribution in [2.24, 2.45) is 11.7 Å². The van der Waals surface area contributed by atoms with Crippen molar-refractivity contribution in [3.05, 3.63) is 13.2 Å². The number of carboxylic acids is 1. The van der Waals surface area contributed by atoms with Gasteiger partial charge in [0.2, 0.25) is 0 Å². The van der Waals surface area contributed by atoms with E-state index in [1.807, 2.05) is 0 Å². The zero-order chi connectivity index (χ0) is 8.73. The minimum Gasteiger partial charge on any atom is -0.480 e. The van der Waals surface area contributed by atoms with E-state index in [9.17, 15) is 4.79 Å². The smallest absolute Gasteiger partial charge is 0.320 e. The van der Waals surface area contributed by atoms with Crippen LogP contribution in [0, 0.1) is 5.92 Å².